The van der Waals surface area contributed by atoms with Crippen molar-refractivity contribution in [3.8, 4) is 11.1 Å². The summed E-state index contributed by atoms with van der Waals surface area (Å²) >= 11 is 1.53. The van der Waals surface area contributed by atoms with Gasteiger partial charge in [0.15, 0.2) is 0 Å². The van der Waals surface area contributed by atoms with Crippen LogP contribution in [0.1, 0.15) is 35.7 Å². The highest BCUT2D eigenvalue weighted by Crippen LogP contribution is 2.47. The summed E-state index contributed by atoms with van der Waals surface area (Å²) in [6.07, 6.45) is 4.22. The monoisotopic (exact) mass is 389 g/mol. The predicted octanol–water partition coefficient (Wildman–Crippen LogP) is 5.03. The summed E-state index contributed by atoms with van der Waals surface area (Å²) < 4.78 is 7.12. The maximum atomic E-state index is 13.1. The molecule has 1 aliphatic carbocycles. The Balaban J connectivity index is 1.55. The molecule has 2 atom stereocenters. The Morgan fingerprint density at radius 3 is 2.79 bits per heavy atom. The van der Waals surface area contributed by atoms with Crippen LogP contribution >= 0.6 is 11.3 Å². The lowest BCUT2D eigenvalue weighted by molar-refractivity contribution is 0.500. The first-order valence-electron chi connectivity index (χ1n) is 9.32. The number of nitrogens with zero attached hydrogens (tertiary/aromatic N) is 3. The third-order valence-electron chi connectivity index (χ3n) is 5.27. The van der Waals surface area contributed by atoms with E-state index in [-0.39, 0.29) is 5.56 Å². The largest absolute Gasteiger partial charge is 0.460 e. The Kier molecular flexibility index (Phi) is 4.02. The van der Waals surface area contributed by atoms with E-state index in [9.17, 15) is 4.79 Å². The smallest absolute Gasteiger partial charge is 0.283 e. The molecule has 0 bridgehead atoms. The minimum atomic E-state index is -0.174. The molecule has 0 aliphatic heterocycles. The number of benzene rings is 1. The zero-order valence-corrected chi connectivity index (χ0v) is 16.4. The molecule has 0 unspecified atom stereocenters. The van der Waals surface area contributed by atoms with Crippen LogP contribution in [0.25, 0.3) is 21.3 Å². The minimum absolute atomic E-state index is 0.174. The van der Waals surface area contributed by atoms with E-state index < -0.39 is 0 Å². The van der Waals surface area contributed by atoms with Crippen molar-refractivity contribution in [1.29, 1.82) is 0 Å². The Morgan fingerprint density at radius 2 is 2.04 bits per heavy atom. The molecule has 0 N–H and O–H groups in total. The van der Waals surface area contributed by atoms with E-state index in [2.05, 4.69) is 17.0 Å². The van der Waals surface area contributed by atoms with E-state index in [0.717, 1.165) is 26.6 Å². The number of fused-ring (bicyclic) bond motifs is 1. The zero-order valence-electron chi connectivity index (χ0n) is 15.6. The summed E-state index contributed by atoms with van der Waals surface area (Å²) in [4.78, 5) is 19.4. The van der Waals surface area contributed by atoms with Crippen LogP contribution in [0, 0.1) is 12.8 Å². The molecule has 3 aromatic heterocycles. The first-order valence-corrected chi connectivity index (χ1v) is 10.1. The molecule has 5 nitrogen and oxygen atoms in total. The van der Waals surface area contributed by atoms with Gasteiger partial charge in [-0.3, -0.25) is 4.79 Å². The second-order valence-electron chi connectivity index (χ2n) is 7.28. The molecule has 6 heteroatoms. The first kappa shape index (κ1) is 17.1. The molecule has 28 heavy (non-hydrogen) atoms. The molecule has 4 aromatic rings. The van der Waals surface area contributed by atoms with Crippen LogP contribution in [-0.2, 0) is 0 Å². The van der Waals surface area contributed by atoms with Gasteiger partial charge in [-0.25, -0.2) is 4.98 Å². The summed E-state index contributed by atoms with van der Waals surface area (Å²) in [5.74, 6) is 2.84. The summed E-state index contributed by atoms with van der Waals surface area (Å²) in [6.45, 7) is 4.24. The molecule has 0 saturated heterocycles. The number of thiophene rings is 1. The van der Waals surface area contributed by atoms with Crippen molar-refractivity contribution < 1.29 is 4.42 Å². The Hall–Kier alpha value is -2.99. The summed E-state index contributed by atoms with van der Waals surface area (Å²) in [6, 6.07) is 13.8. The van der Waals surface area contributed by atoms with Crippen molar-refractivity contribution in [3.05, 3.63) is 75.5 Å². The SMILES string of the molecule is Cc1sc2ncn(/N=C\c3ccc([C@@H]4C[C@@H]4C)o3)c(=O)c2c1-c1ccccc1. The fourth-order valence-corrected chi connectivity index (χ4v) is 4.61. The van der Waals surface area contributed by atoms with Crippen molar-refractivity contribution in [2.24, 2.45) is 11.0 Å². The highest BCUT2D eigenvalue weighted by Gasteiger charge is 2.36. The van der Waals surface area contributed by atoms with Crippen molar-refractivity contribution >= 4 is 27.8 Å². The molecule has 1 fully saturated rings. The van der Waals surface area contributed by atoms with Crippen LogP contribution < -0.4 is 5.56 Å². The van der Waals surface area contributed by atoms with Crippen molar-refractivity contribution in [3.63, 3.8) is 0 Å². The second kappa shape index (κ2) is 6.56. The molecule has 1 aliphatic rings. The van der Waals surface area contributed by atoms with Gasteiger partial charge in [0.05, 0.1) is 11.6 Å². The average molecular weight is 389 g/mol. The van der Waals surface area contributed by atoms with E-state index >= 15 is 0 Å². The fourth-order valence-electron chi connectivity index (χ4n) is 3.60. The zero-order chi connectivity index (χ0) is 19.3. The van der Waals surface area contributed by atoms with Gasteiger partial charge in [0, 0.05) is 16.4 Å². The number of aryl methyl sites for hydroxylation is 1. The number of aromatic nitrogens is 2. The highest BCUT2D eigenvalue weighted by molar-refractivity contribution is 7.19. The van der Waals surface area contributed by atoms with Gasteiger partial charge in [0.2, 0.25) is 0 Å². The summed E-state index contributed by atoms with van der Waals surface area (Å²) in [5, 5.41) is 4.92. The maximum Gasteiger partial charge on any atom is 0.283 e. The Labute approximate surface area is 166 Å². The summed E-state index contributed by atoms with van der Waals surface area (Å²) in [5.41, 5.74) is 1.78. The lowest BCUT2D eigenvalue weighted by Crippen LogP contribution is -2.16. The number of rotatable bonds is 4. The van der Waals surface area contributed by atoms with Gasteiger partial charge in [-0.05, 0) is 37.0 Å². The van der Waals surface area contributed by atoms with Gasteiger partial charge in [0.1, 0.15) is 22.7 Å². The Bertz CT molecular complexity index is 1250. The van der Waals surface area contributed by atoms with Crippen LogP contribution in [-0.4, -0.2) is 15.9 Å². The third-order valence-corrected chi connectivity index (χ3v) is 6.28. The lowest BCUT2D eigenvalue weighted by atomic mass is 10.0. The van der Waals surface area contributed by atoms with E-state index in [1.165, 1.54) is 28.8 Å². The standard InChI is InChI=1S/C22H19N3O2S/c1-13-10-17(13)18-9-8-16(27-18)11-24-25-12-23-21-20(22(25)26)19(14(2)28-21)15-6-4-3-5-7-15/h3-9,11-13,17H,10H2,1-2H3/b24-11-/t13-,17+/m0/s1. The van der Waals surface area contributed by atoms with Crippen LogP contribution in [0.4, 0.5) is 0 Å². The van der Waals surface area contributed by atoms with Gasteiger partial charge < -0.3 is 4.42 Å². The van der Waals surface area contributed by atoms with Gasteiger partial charge in [-0.15, -0.1) is 11.3 Å². The molecular formula is C22H19N3O2S. The van der Waals surface area contributed by atoms with Crippen LogP contribution in [0.5, 0.6) is 0 Å². The topological polar surface area (TPSA) is 60.4 Å². The van der Waals surface area contributed by atoms with Gasteiger partial charge in [-0.1, -0.05) is 37.3 Å². The third kappa shape index (κ3) is 2.90. The quantitative estimate of drug-likeness (QED) is 0.460. The highest BCUT2D eigenvalue weighted by atomic mass is 32.1. The first-order chi connectivity index (χ1) is 13.6. The normalized spacial score (nSPS) is 18.9. The number of hydrogen-bond donors (Lipinski definition) is 0. The van der Waals surface area contributed by atoms with E-state index in [0.29, 0.717) is 23.0 Å². The Morgan fingerprint density at radius 1 is 1.25 bits per heavy atom. The molecule has 0 spiro atoms. The predicted molar refractivity (Wildman–Crippen MR) is 112 cm³/mol. The van der Waals surface area contributed by atoms with Gasteiger partial charge >= 0.3 is 0 Å². The summed E-state index contributed by atoms with van der Waals surface area (Å²) in [7, 11) is 0. The van der Waals surface area contributed by atoms with Crippen LogP contribution in [0.2, 0.25) is 0 Å². The molecule has 3 heterocycles. The van der Waals surface area contributed by atoms with E-state index in [1.54, 1.807) is 6.21 Å². The number of hydrogen-bond acceptors (Lipinski definition) is 5. The van der Waals surface area contributed by atoms with Crippen LogP contribution in [0.3, 0.4) is 0 Å². The molecule has 1 saturated carbocycles. The lowest BCUT2D eigenvalue weighted by Gasteiger charge is -2.02. The second-order valence-corrected chi connectivity index (χ2v) is 8.48. The van der Waals surface area contributed by atoms with Gasteiger partial charge in [0.25, 0.3) is 5.56 Å². The molecule has 1 aromatic carbocycles. The van der Waals surface area contributed by atoms with Crippen molar-refractivity contribution in [2.45, 2.75) is 26.2 Å². The van der Waals surface area contributed by atoms with Gasteiger partial charge in [-0.2, -0.15) is 9.78 Å². The van der Waals surface area contributed by atoms with E-state index in [4.69, 9.17) is 4.42 Å². The molecule has 140 valence electrons. The number of furan rings is 1. The van der Waals surface area contributed by atoms with Crippen molar-refractivity contribution in [2.75, 3.05) is 0 Å². The molecule has 0 radical (unpaired) electrons. The van der Waals surface area contributed by atoms with Crippen LogP contribution in [0.15, 0.2) is 63.1 Å². The fraction of sp³-hybridized carbons (Fsp3) is 0.227. The minimum Gasteiger partial charge on any atom is -0.460 e. The maximum absolute atomic E-state index is 13.1. The molecule has 0 amide bonds. The van der Waals surface area contributed by atoms with E-state index in [1.807, 2.05) is 49.4 Å². The molecular weight excluding hydrogens is 370 g/mol. The average Bonchev–Trinajstić information content (AvgIpc) is 3.11. The van der Waals surface area contributed by atoms with Crippen molar-refractivity contribution in [1.82, 2.24) is 9.66 Å². The molecule has 5 rings (SSSR count).